The van der Waals surface area contributed by atoms with Crippen LogP contribution in [0.15, 0.2) is 35.3 Å². The number of aliphatic imine (C=N–C) groups is 1. The molecule has 0 aliphatic heterocycles. The maximum atomic E-state index is 5.05. The lowest BCUT2D eigenvalue weighted by molar-refractivity contribution is 0.629. The third-order valence-electron chi connectivity index (χ3n) is 1.89. The Morgan fingerprint density at radius 2 is 1.80 bits per heavy atom. The Morgan fingerprint density at radius 3 is 2.33 bits per heavy atom. The normalized spacial score (nSPS) is 10.3. The van der Waals surface area contributed by atoms with Gasteiger partial charge in [-0.15, -0.1) is 0 Å². The zero-order valence-corrected chi connectivity index (χ0v) is 10.0. The SMILES string of the molecule is CN(C)C(=S)/N=C/N(C)c1ccccc1. The molecule has 0 spiro atoms. The van der Waals surface area contributed by atoms with Gasteiger partial charge in [-0.25, -0.2) is 4.99 Å². The van der Waals surface area contributed by atoms with Crippen LogP contribution < -0.4 is 4.90 Å². The first kappa shape index (κ1) is 11.7. The molecule has 80 valence electrons. The molecule has 0 radical (unpaired) electrons. The van der Waals surface area contributed by atoms with Crippen LogP contribution in [0.3, 0.4) is 0 Å². The quantitative estimate of drug-likeness (QED) is 0.432. The maximum absolute atomic E-state index is 5.05. The summed E-state index contributed by atoms with van der Waals surface area (Å²) in [4.78, 5) is 7.88. The first-order valence-corrected chi connectivity index (χ1v) is 5.05. The summed E-state index contributed by atoms with van der Waals surface area (Å²) in [6, 6.07) is 10.0. The molecule has 0 saturated heterocycles. The lowest BCUT2D eigenvalue weighted by atomic mass is 10.3. The van der Waals surface area contributed by atoms with Crippen molar-refractivity contribution in [3.63, 3.8) is 0 Å². The van der Waals surface area contributed by atoms with E-state index in [1.54, 1.807) is 11.2 Å². The van der Waals surface area contributed by atoms with Crippen molar-refractivity contribution in [2.75, 3.05) is 26.0 Å². The minimum absolute atomic E-state index is 0.567. The van der Waals surface area contributed by atoms with E-state index < -0.39 is 0 Å². The van der Waals surface area contributed by atoms with E-state index in [-0.39, 0.29) is 0 Å². The summed E-state index contributed by atoms with van der Waals surface area (Å²) in [5, 5.41) is 0.567. The minimum atomic E-state index is 0.567. The second-order valence-corrected chi connectivity index (χ2v) is 3.73. The van der Waals surface area contributed by atoms with Crippen LogP contribution in [-0.2, 0) is 0 Å². The van der Waals surface area contributed by atoms with Gasteiger partial charge in [0, 0.05) is 26.8 Å². The molecule has 0 fully saturated rings. The van der Waals surface area contributed by atoms with Crippen LogP contribution in [0.2, 0.25) is 0 Å². The molecule has 0 N–H and O–H groups in total. The second kappa shape index (κ2) is 5.46. The summed E-state index contributed by atoms with van der Waals surface area (Å²) >= 11 is 5.05. The molecule has 15 heavy (non-hydrogen) atoms. The monoisotopic (exact) mass is 221 g/mol. The van der Waals surface area contributed by atoms with E-state index in [0.717, 1.165) is 5.69 Å². The number of benzene rings is 1. The van der Waals surface area contributed by atoms with Crippen LogP contribution >= 0.6 is 12.2 Å². The topological polar surface area (TPSA) is 18.8 Å². The first-order valence-electron chi connectivity index (χ1n) is 4.64. The summed E-state index contributed by atoms with van der Waals surface area (Å²) in [5.41, 5.74) is 1.09. The van der Waals surface area contributed by atoms with Crippen molar-refractivity contribution >= 4 is 29.4 Å². The number of anilines is 1. The van der Waals surface area contributed by atoms with Gasteiger partial charge < -0.3 is 9.80 Å². The molecule has 0 unspecified atom stereocenters. The van der Waals surface area contributed by atoms with Crippen LogP contribution in [0, 0.1) is 0 Å². The largest absolute Gasteiger partial charge is 0.354 e. The highest BCUT2D eigenvalue weighted by molar-refractivity contribution is 7.80. The van der Waals surface area contributed by atoms with E-state index in [4.69, 9.17) is 12.2 Å². The zero-order chi connectivity index (χ0) is 11.3. The number of rotatable bonds is 2. The van der Waals surface area contributed by atoms with E-state index in [0.29, 0.717) is 5.11 Å². The van der Waals surface area contributed by atoms with E-state index >= 15 is 0 Å². The minimum Gasteiger partial charge on any atom is -0.354 e. The highest BCUT2D eigenvalue weighted by Crippen LogP contribution is 2.08. The Balaban J connectivity index is 2.64. The number of thiocarbonyl (C=S) groups is 1. The van der Waals surface area contributed by atoms with Crippen molar-refractivity contribution in [1.29, 1.82) is 0 Å². The third-order valence-corrected chi connectivity index (χ3v) is 2.36. The summed E-state index contributed by atoms with van der Waals surface area (Å²) in [6.45, 7) is 0. The zero-order valence-electron chi connectivity index (χ0n) is 9.21. The van der Waals surface area contributed by atoms with Crippen LogP contribution in [-0.4, -0.2) is 37.5 Å². The van der Waals surface area contributed by atoms with Crippen molar-refractivity contribution in [3.8, 4) is 0 Å². The molecule has 0 heterocycles. The predicted octanol–water partition coefficient (Wildman–Crippen LogP) is 2.00. The number of nitrogens with zero attached hydrogens (tertiary/aromatic N) is 3. The Kier molecular flexibility index (Phi) is 4.24. The fourth-order valence-corrected chi connectivity index (χ4v) is 1.03. The van der Waals surface area contributed by atoms with E-state index in [2.05, 4.69) is 4.99 Å². The summed E-state index contributed by atoms with van der Waals surface area (Å²) in [7, 11) is 5.70. The molecule has 0 aliphatic carbocycles. The van der Waals surface area contributed by atoms with Crippen molar-refractivity contribution in [1.82, 2.24) is 4.90 Å². The molecular formula is C11H15N3S. The summed E-state index contributed by atoms with van der Waals surface area (Å²) < 4.78 is 0. The molecule has 1 aromatic carbocycles. The van der Waals surface area contributed by atoms with E-state index in [1.807, 2.05) is 56.4 Å². The molecule has 0 aromatic heterocycles. The summed E-state index contributed by atoms with van der Waals surface area (Å²) in [6.07, 6.45) is 1.72. The molecular weight excluding hydrogens is 206 g/mol. The molecule has 0 atom stereocenters. The fraction of sp³-hybridized carbons (Fsp3) is 0.273. The number of para-hydroxylation sites is 1. The highest BCUT2D eigenvalue weighted by Gasteiger charge is 1.97. The van der Waals surface area contributed by atoms with Crippen molar-refractivity contribution in [2.45, 2.75) is 0 Å². The Bertz CT molecular complexity index is 346. The van der Waals surface area contributed by atoms with Crippen LogP contribution in [0.5, 0.6) is 0 Å². The van der Waals surface area contributed by atoms with Gasteiger partial charge in [-0.1, -0.05) is 18.2 Å². The number of hydrogen-bond acceptors (Lipinski definition) is 1. The van der Waals surface area contributed by atoms with Crippen molar-refractivity contribution < 1.29 is 0 Å². The van der Waals surface area contributed by atoms with Gasteiger partial charge in [0.1, 0.15) is 0 Å². The average molecular weight is 221 g/mol. The molecule has 1 rings (SSSR count). The molecule has 3 nitrogen and oxygen atoms in total. The van der Waals surface area contributed by atoms with Gasteiger partial charge >= 0.3 is 0 Å². The van der Waals surface area contributed by atoms with Crippen LogP contribution in [0.1, 0.15) is 0 Å². The van der Waals surface area contributed by atoms with Gasteiger partial charge in [0.2, 0.25) is 0 Å². The van der Waals surface area contributed by atoms with Gasteiger partial charge in [0.15, 0.2) is 5.11 Å². The van der Waals surface area contributed by atoms with Gasteiger partial charge in [0.25, 0.3) is 0 Å². The summed E-state index contributed by atoms with van der Waals surface area (Å²) in [5.74, 6) is 0. The molecule has 0 aliphatic rings. The molecule has 4 heteroatoms. The number of hydrogen-bond donors (Lipinski definition) is 0. The Morgan fingerprint density at radius 1 is 1.20 bits per heavy atom. The van der Waals surface area contributed by atoms with Crippen LogP contribution in [0.4, 0.5) is 5.69 Å². The van der Waals surface area contributed by atoms with Gasteiger partial charge in [-0.05, 0) is 24.4 Å². The Hall–Kier alpha value is -1.42. The lowest BCUT2D eigenvalue weighted by Crippen LogP contribution is -2.21. The van der Waals surface area contributed by atoms with Gasteiger partial charge in [-0.2, -0.15) is 0 Å². The van der Waals surface area contributed by atoms with Crippen LogP contribution in [0.25, 0.3) is 0 Å². The van der Waals surface area contributed by atoms with E-state index in [1.165, 1.54) is 0 Å². The molecule has 1 aromatic rings. The fourth-order valence-electron chi connectivity index (χ4n) is 0.981. The Labute approximate surface area is 96.0 Å². The molecule has 0 amide bonds. The molecule has 0 saturated carbocycles. The lowest BCUT2D eigenvalue weighted by Gasteiger charge is -2.14. The standard InChI is InChI=1S/C11H15N3S/c1-13(2)11(15)12-9-14(3)10-7-5-4-6-8-10/h4-9H,1-3H3/b12-9+. The van der Waals surface area contributed by atoms with Crippen molar-refractivity contribution in [3.05, 3.63) is 30.3 Å². The average Bonchev–Trinajstić information content (AvgIpc) is 2.26. The van der Waals surface area contributed by atoms with E-state index in [9.17, 15) is 0 Å². The second-order valence-electron chi connectivity index (χ2n) is 3.37. The first-order chi connectivity index (χ1) is 7.11. The smallest absolute Gasteiger partial charge is 0.196 e. The van der Waals surface area contributed by atoms with Crippen molar-refractivity contribution in [2.24, 2.45) is 4.99 Å². The molecule has 0 bridgehead atoms. The highest BCUT2D eigenvalue weighted by atomic mass is 32.1. The predicted molar refractivity (Wildman–Crippen MR) is 69.6 cm³/mol. The van der Waals surface area contributed by atoms with Gasteiger partial charge in [0.05, 0.1) is 6.34 Å². The maximum Gasteiger partial charge on any atom is 0.196 e. The van der Waals surface area contributed by atoms with Gasteiger partial charge in [-0.3, -0.25) is 0 Å². The third kappa shape index (κ3) is 3.67.